The number of hydrazone groups is 1. The van der Waals surface area contributed by atoms with E-state index in [0.717, 1.165) is 18.4 Å². The van der Waals surface area contributed by atoms with Crippen LogP contribution in [0.25, 0.3) is 10.4 Å². The molecule has 0 saturated carbocycles. The maximum absolute atomic E-state index is 12.2. The number of piperidine rings is 1. The van der Waals surface area contributed by atoms with Crippen LogP contribution in [0.2, 0.25) is 10.0 Å². The molecule has 3 rings (SSSR count). The van der Waals surface area contributed by atoms with Gasteiger partial charge < -0.3 is 14.7 Å². The molecule has 31 heavy (non-hydrogen) atoms. The van der Waals surface area contributed by atoms with Gasteiger partial charge in [0.15, 0.2) is 10.9 Å². The van der Waals surface area contributed by atoms with E-state index in [1.807, 2.05) is 4.90 Å². The number of benzene rings is 1. The van der Waals surface area contributed by atoms with Crippen LogP contribution in [0.15, 0.2) is 28.7 Å². The zero-order chi connectivity index (χ0) is 22.5. The number of esters is 1. The fourth-order valence-electron chi connectivity index (χ4n) is 3.40. The van der Waals surface area contributed by atoms with Crippen molar-refractivity contribution in [1.29, 1.82) is 0 Å². The summed E-state index contributed by atoms with van der Waals surface area (Å²) >= 11 is 19.2. The highest BCUT2D eigenvalue weighted by Crippen LogP contribution is 2.45. The molecule has 1 aliphatic rings. The number of ether oxygens (including phenoxy) is 1. The Labute approximate surface area is 201 Å². The molecule has 0 spiro atoms. The van der Waals surface area contributed by atoms with Gasteiger partial charge in [-0.1, -0.05) is 29.3 Å². The van der Waals surface area contributed by atoms with Gasteiger partial charge in [-0.3, -0.25) is 4.79 Å². The average Bonchev–Trinajstić information content (AvgIpc) is 3.14. The minimum atomic E-state index is -0.234. The molecule has 2 heterocycles. The Bertz CT molecular complexity index is 996. The van der Waals surface area contributed by atoms with Crippen LogP contribution in [0.4, 0.5) is 5.69 Å². The number of halogens is 2. The molecule has 1 atom stereocenters. The first kappa shape index (κ1) is 23.8. The minimum Gasteiger partial charge on any atom is -0.504 e. The summed E-state index contributed by atoms with van der Waals surface area (Å²) in [6.45, 7) is 5.08. The van der Waals surface area contributed by atoms with Gasteiger partial charge in [0.2, 0.25) is 0 Å². The van der Waals surface area contributed by atoms with Crippen LogP contribution < -0.4 is 5.01 Å². The van der Waals surface area contributed by atoms with Crippen LogP contribution in [-0.2, 0) is 9.53 Å². The summed E-state index contributed by atoms with van der Waals surface area (Å²) in [5.74, 6) is -0.391. The van der Waals surface area contributed by atoms with Crippen molar-refractivity contribution in [1.82, 2.24) is 4.90 Å². The Hall–Kier alpha value is -1.87. The van der Waals surface area contributed by atoms with Crippen LogP contribution >= 0.6 is 46.8 Å². The molecule has 0 amide bonds. The van der Waals surface area contributed by atoms with Crippen LogP contribution in [0, 0.1) is 5.92 Å². The normalized spacial score (nSPS) is 16.5. The Balaban J connectivity index is 1.87. The number of likely N-dealkylation sites (tertiary alicyclic amines) is 1. The lowest BCUT2D eigenvalue weighted by molar-refractivity contribution is -0.149. The summed E-state index contributed by atoms with van der Waals surface area (Å²) in [5.41, 5.74) is 1.21. The third-order valence-corrected chi connectivity index (χ3v) is 7.06. The number of nitrogens with zero attached hydrogens (tertiary/aromatic N) is 3. The average molecular weight is 500 g/mol. The number of thiophene rings is 1. The molecule has 0 bridgehead atoms. The van der Waals surface area contributed by atoms with E-state index in [0.29, 0.717) is 45.4 Å². The zero-order valence-corrected chi connectivity index (χ0v) is 20.3. The molecule has 166 valence electrons. The summed E-state index contributed by atoms with van der Waals surface area (Å²) in [6.07, 6.45) is 3.19. The molecule has 0 radical (unpaired) electrons. The standard InChI is InChI=1S/C21H23Cl2N3O3S2/c1-3-24-26(21(30)25-9-5-6-14(11-25)20(28)29-4-2)17-12-31-19(18(17)27)13-7-8-15(22)16(23)10-13/h3,7-8,10,12,14,27H,4-6,9,11H2,1-2H3/b24-3+. The van der Waals surface area contributed by atoms with Crippen molar-refractivity contribution in [3.8, 4) is 16.2 Å². The number of thiocarbonyl (C=S) groups is 1. The van der Waals surface area contributed by atoms with Crippen molar-refractivity contribution in [3.05, 3.63) is 33.6 Å². The van der Waals surface area contributed by atoms with Gasteiger partial charge in [0.25, 0.3) is 0 Å². The smallest absolute Gasteiger partial charge is 0.310 e. The Morgan fingerprint density at radius 2 is 2.23 bits per heavy atom. The molecule has 1 aromatic heterocycles. The van der Waals surface area contributed by atoms with Crippen molar-refractivity contribution in [2.45, 2.75) is 26.7 Å². The SMILES string of the molecule is C/C=N/N(C(=S)N1CCCC(C(=O)OCC)C1)c1csc(-c2ccc(Cl)c(Cl)c2)c1O. The molecule has 2 aromatic rings. The zero-order valence-electron chi connectivity index (χ0n) is 17.2. The van der Waals surface area contributed by atoms with Gasteiger partial charge in [0.1, 0.15) is 5.69 Å². The maximum Gasteiger partial charge on any atom is 0.310 e. The number of rotatable bonds is 5. The molecule has 10 heteroatoms. The van der Waals surface area contributed by atoms with E-state index in [1.165, 1.54) is 16.3 Å². The number of carbonyl (C=O) groups excluding carboxylic acids is 1. The molecule has 1 aliphatic heterocycles. The molecule has 1 N–H and O–H groups in total. The number of hydrogen-bond acceptors (Lipinski definition) is 6. The molecule has 1 unspecified atom stereocenters. The highest BCUT2D eigenvalue weighted by atomic mass is 35.5. The Kier molecular flexibility index (Phi) is 8.16. The molecule has 0 aliphatic carbocycles. The topological polar surface area (TPSA) is 65.4 Å². The van der Waals surface area contributed by atoms with Gasteiger partial charge in [-0.05, 0) is 56.6 Å². The van der Waals surface area contributed by atoms with Gasteiger partial charge in [0, 0.05) is 24.7 Å². The van der Waals surface area contributed by atoms with Crippen LogP contribution in [-0.4, -0.2) is 47.0 Å². The van der Waals surface area contributed by atoms with Gasteiger partial charge >= 0.3 is 5.97 Å². The number of hydrogen-bond donors (Lipinski definition) is 1. The first-order chi connectivity index (χ1) is 14.9. The van der Waals surface area contributed by atoms with Crippen molar-refractivity contribution < 1.29 is 14.6 Å². The maximum atomic E-state index is 12.2. The van der Waals surface area contributed by atoms with Crippen LogP contribution in [0.5, 0.6) is 5.75 Å². The van der Waals surface area contributed by atoms with E-state index in [-0.39, 0.29) is 17.6 Å². The largest absolute Gasteiger partial charge is 0.504 e. The molecule has 1 fully saturated rings. The van der Waals surface area contributed by atoms with Crippen molar-refractivity contribution >= 4 is 69.7 Å². The second-order valence-electron chi connectivity index (χ2n) is 6.93. The Morgan fingerprint density at radius 3 is 2.90 bits per heavy atom. The first-order valence-electron chi connectivity index (χ1n) is 9.87. The highest BCUT2D eigenvalue weighted by Gasteiger charge is 2.31. The first-order valence-corrected chi connectivity index (χ1v) is 11.9. The van der Waals surface area contributed by atoms with Gasteiger partial charge in [-0.25, -0.2) is 5.01 Å². The predicted molar refractivity (Wildman–Crippen MR) is 132 cm³/mol. The number of carbonyl (C=O) groups is 1. The van der Waals surface area contributed by atoms with E-state index < -0.39 is 0 Å². The minimum absolute atomic E-state index is 0.0512. The predicted octanol–water partition coefficient (Wildman–Crippen LogP) is 5.80. The molecule has 6 nitrogen and oxygen atoms in total. The number of anilines is 1. The second kappa shape index (κ2) is 10.6. The van der Waals surface area contributed by atoms with Gasteiger partial charge in [-0.15, -0.1) is 11.3 Å². The molecule has 1 aromatic carbocycles. The van der Waals surface area contributed by atoms with E-state index in [1.54, 1.807) is 43.6 Å². The lowest BCUT2D eigenvalue weighted by Gasteiger charge is -2.35. The number of aromatic hydroxyl groups is 1. The van der Waals surface area contributed by atoms with Gasteiger partial charge in [-0.2, -0.15) is 5.10 Å². The third-order valence-electron chi connectivity index (χ3n) is 4.88. The van der Waals surface area contributed by atoms with E-state index in [9.17, 15) is 9.90 Å². The van der Waals surface area contributed by atoms with Crippen molar-refractivity contribution in [3.63, 3.8) is 0 Å². The monoisotopic (exact) mass is 499 g/mol. The van der Waals surface area contributed by atoms with Crippen LogP contribution in [0.1, 0.15) is 26.7 Å². The summed E-state index contributed by atoms with van der Waals surface area (Å²) in [7, 11) is 0. The van der Waals surface area contributed by atoms with E-state index in [2.05, 4.69) is 5.10 Å². The van der Waals surface area contributed by atoms with Gasteiger partial charge in [0.05, 0.1) is 27.4 Å². The lowest BCUT2D eigenvalue weighted by Crippen LogP contribution is -2.47. The Morgan fingerprint density at radius 1 is 1.45 bits per heavy atom. The summed E-state index contributed by atoms with van der Waals surface area (Å²) < 4.78 is 5.18. The highest BCUT2D eigenvalue weighted by molar-refractivity contribution is 7.80. The summed E-state index contributed by atoms with van der Waals surface area (Å²) in [4.78, 5) is 14.8. The molecule has 1 saturated heterocycles. The third kappa shape index (κ3) is 5.31. The summed E-state index contributed by atoms with van der Waals surface area (Å²) in [6, 6.07) is 5.19. The van der Waals surface area contributed by atoms with E-state index in [4.69, 9.17) is 40.2 Å². The van der Waals surface area contributed by atoms with Crippen molar-refractivity contribution in [2.75, 3.05) is 24.7 Å². The molecular formula is C21H23Cl2N3O3S2. The van der Waals surface area contributed by atoms with Crippen LogP contribution in [0.3, 0.4) is 0 Å². The lowest BCUT2D eigenvalue weighted by atomic mass is 9.98. The fourth-order valence-corrected chi connectivity index (χ4v) is 4.93. The second-order valence-corrected chi connectivity index (χ2v) is 8.99. The van der Waals surface area contributed by atoms with Crippen molar-refractivity contribution in [2.24, 2.45) is 11.0 Å². The molecular weight excluding hydrogens is 477 g/mol. The quantitative estimate of drug-likeness (QED) is 0.242. The van der Waals surface area contributed by atoms with E-state index >= 15 is 0 Å². The fraction of sp³-hybridized carbons (Fsp3) is 0.381. The summed E-state index contributed by atoms with van der Waals surface area (Å²) in [5, 5.41) is 19.9.